The van der Waals surface area contributed by atoms with Crippen LogP contribution in [0.1, 0.15) is 36.8 Å². The van der Waals surface area contributed by atoms with Gasteiger partial charge in [-0.15, -0.1) is 0 Å². The molecular weight excluding hydrogens is 480 g/mol. The fourth-order valence-electron chi connectivity index (χ4n) is 4.43. The minimum Gasteiger partial charge on any atom is -0.381 e. The summed E-state index contributed by atoms with van der Waals surface area (Å²) in [6.07, 6.45) is 4.09. The van der Waals surface area contributed by atoms with E-state index in [0.29, 0.717) is 47.6 Å². The van der Waals surface area contributed by atoms with Crippen molar-refractivity contribution < 1.29 is 9.13 Å². The van der Waals surface area contributed by atoms with Gasteiger partial charge in [-0.1, -0.05) is 36.2 Å². The Morgan fingerprint density at radius 2 is 1.97 bits per heavy atom. The maximum Gasteiger partial charge on any atom is 0.328 e. The Morgan fingerprint density at radius 1 is 1.18 bits per heavy atom. The molecule has 1 N–H and O–H groups in total. The fraction of sp³-hybridized carbons (Fsp3) is 0.375. The molecule has 0 radical (unpaired) electrons. The quantitative estimate of drug-likeness (QED) is 0.382. The van der Waals surface area contributed by atoms with Crippen LogP contribution < -0.4 is 5.69 Å². The zero-order valence-corrected chi connectivity index (χ0v) is 20.2. The van der Waals surface area contributed by atoms with Crippen molar-refractivity contribution in [1.29, 1.82) is 0 Å². The largest absolute Gasteiger partial charge is 0.381 e. The molecule has 1 aliphatic heterocycles. The smallest absolute Gasteiger partial charge is 0.328 e. The molecule has 0 atom stereocenters. The maximum atomic E-state index is 13.5. The van der Waals surface area contributed by atoms with Crippen LogP contribution in [0, 0.1) is 11.4 Å². The summed E-state index contributed by atoms with van der Waals surface area (Å²) in [6, 6.07) is 8.24. The van der Waals surface area contributed by atoms with Crippen LogP contribution in [0.25, 0.3) is 11.2 Å². The molecule has 1 aliphatic rings. The van der Waals surface area contributed by atoms with Crippen LogP contribution in [-0.2, 0) is 24.2 Å². The first kappa shape index (κ1) is 23.1. The molecule has 0 unspecified atom stereocenters. The van der Waals surface area contributed by atoms with E-state index >= 15 is 0 Å². The molecule has 4 heterocycles. The molecular formula is C24H24Cl2FN5O2. The summed E-state index contributed by atoms with van der Waals surface area (Å²) >= 11 is 12.5. The van der Waals surface area contributed by atoms with Crippen molar-refractivity contribution in [3.05, 3.63) is 80.1 Å². The second-order valence-electron chi connectivity index (χ2n) is 9.14. The van der Waals surface area contributed by atoms with Crippen molar-refractivity contribution in [3.8, 4) is 0 Å². The molecule has 10 heteroatoms. The molecule has 0 bridgehead atoms. The van der Waals surface area contributed by atoms with Gasteiger partial charge in [-0.2, -0.15) is 9.37 Å². The summed E-state index contributed by atoms with van der Waals surface area (Å²) in [5, 5.41) is 1.12. The van der Waals surface area contributed by atoms with Gasteiger partial charge >= 0.3 is 5.69 Å². The SMILES string of the molecule is CC1(Cn2c(Cc3ccc(Cl)cc3Cl)cn(Cc3nc4nc(F)ccc4[nH]3)c2=O)CCOCC1. The average Bonchev–Trinajstić information content (AvgIpc) is 3.31. The highest BCUT2D eigenvalue weighted by molar-refractivity contribution is 6.35. The van der Waals surface area contributed by atoms with Crippen molar-refractivity contribution in [2.24, 2.45) is 5.41 Å². The van der Waals surface area contributed by atoms with E-state index in [9.17, 15) is 9.18 Å². The van der Waals surface area contributed by atoms with E-state index < -0.39 is 5.95 Å². The summed E-state index contributed by atoms with van der Waals surface area (Å²) in [4.78, 5) is 24.8. The number of hydrogen-bond donors (Lipinski definition) is 1. The number of ether oxygens (including phenoxy) is 1. The van der Waals surface area contributed by atoms with Gasteiger partial charge in [0.1, 0.15) is 5.82 Å². The van der Waals surface area contributed by atoms with Crippen molar-refractivity contribution in [3.63, 3.8) is 0 Å². The van der Waals surface area contributed by atoms with Gasteiger partial charge in [0.05, 0.1) is 12.1 Å². The normalized spacial score (nSPS) is 15.8. The number of imidazole rings is 2. The molecule has 34 heavy (non-hydrogen) atoms. The summed E-state index contributed by atoms with van der Waals surface area (Å²) in [6.45, 7) is 4.36. The number of hydrogen-bond acceptors (Lipinski definition) is 4. The standard InChI is InChI=1S/C24H24Cl2FN5O2/c1-24(6-8-34-9-7-24)14-32-17(10-15-2-3-16(25)11-18(15)26)12-31(23(32)33)13-21-28-19-4-5-20(27)29-22(19)30-21/h2-5,11-12H,6-10,13-14H2,1H3,(H,28,29,30). The topological polar surface area (TPSA) is 77.7 Å². The van der Waals surface area contributed by atoms with Gasteiger partial charge in [-0.25, -0.2) is 9.78 Å². The molecule has 7 nitrogen and oxygen atoms in total. The molecule has 0 aliphatic carbocycles. The lowest BCUT2D eigenvalue weighted by atomic mass is 9.82. The lowest BCUT2D eigenvalue weighted by molar-refractivity contribution is 0.0147. The van der Waals surface area contributed by atoms with Gasteiger partial charge in [0.15, 0.2) is 5.65 Å². The Kier molecular flexibility index (Phi) is 6.22. The number of rotatable bonds is 6. The highest BCUT2D eigenvalue weighted by atomic mass is 35.5. The van der Waals surface area contributed by atoms with Crippen LogP contribution in [0.15, 0.2) is 41.3 Å². The minimum atomic E-state index is -0.597. The van der Waals surface area contributed by atoms with Gasteiger partial charge in [-0.05, 0) is 48.1 Å². The van der Waals surface area contributed by atoms with Crippen molar-refractivity contribution in [1.82, 2.24) is 24.1 Å². The van der Waals surface area contributed by atoms with E-state index in [-0.39, 0.29) is 23.3 Å². The number of halogens is 3. The minimum absolute atomic E-state index is 0.0480. The average molecular weight is 504 g/mol. The van der Waals surface area contributed by atoms with E-state index in [1.165, 1.54) is 6.07 Å². The fourth-order valence-corrected chi connectivity index (χ4v) is 4.90. The van der Waals surface area contributed by atoms with Crippen molar-refractivity contribution in [2.75, 3.05) is 13.2 Å². The Morgan fingerprint density at radius 3 is 2.74 bits per heavy atom. The molecule has 5 rings (SSSR count). The highest BCUT2D eigenvalue weighted by Crippen LogP contribution is 2.32. The predicted molar refractivity (Wildman–Crippen MR) is 129 cm³/mol. The third kappa shape index (κ3) is 4.76. The predicted octanol–water partition coefficient (Wildman–Crippen LogP) is 4.82. The summed E-state index contributed by atoms with van der Waals surface area (Å²) in [5.41, 5.74) is 2.46. The van der Waals surface area contributed by atoms with E-state index in [2.05, 4.69) is 21.9 Å². The number of pyridine rings is 1. The maximum absolute atomic E-state index is 13.5. The number of aromatic amines is 1. The molecule has 0 amide bonds. The number of H-pyrrole nitrogens is 1. The third-order valence-electron chi connectivity index (χ3n) is 6.44. The van der Waals surface area contributed by atoms with Gasteiger partial charge in [0.25, 0.3) is 0 Å². The van der Waals surface area contributed by atoms with Crippen molar-refractivity contribution in [2.45, 2.75) is 39.3 Å². The molecule has 3 aromatic heterocycles. The van der Waals surface area contributed by atoms with E-state index in [4.69, 9.17) is 27.9 Å². The van der Waals surface area contributed by atoms with Crippen molar-refractivity contribution >= 4 is 34.4 Å². The van der Waals surface area contributed by atoms with Crippen LogP contribution in [0.5, 0.6) is 0 Å². The Balaban J connectivity index is 1.51. The zero-order valence-electron chi connectivity index (χ0n) is 18.7. The summed E-state index contributed by atoms with van der Waals surface area (Å²) < 4.78 is 22.5. The summed E-state index contributed by atoms with van der Waals surface area (Å²) in [5.74, 6) is -0.0681. The molecule has 1 aromatic carbocycles. The third-order valence-corrected chi connectivity index (χ3v) is 7.02. The Bertz CT molecular complexity index is 1400. The summed E-state index contributed by atoms with van der Waals surface area (Å²) in [7, 11) is 0. The van der Waals surface area contributed by atoms with Crippen LogP contribution in [-0.4, -0.2) is 37.3 Å². The van der Waals surface area contributed by atoms with Crippen LogP contribution in [0.2, 0.25) is 10.0 Å². The number of fused-ring (bicyclic) bond motifs is 1. The number of nitrogens with zero attached hydrogens (tertiary/aromatic N) is 4. The first-order valence-corrected chi connectivity index (χ1v) is 11.9. The van der Waals surface area contributed by atoms with E-state index in [1.54, 1.807) is 22.8 Å². The number of aromatic nitrogens is 5. The van der Waals surface area contributed by atoms with Crippen LogP contribution >= 0.6 is 23.2 Å². The number of benzene rings is 1. The van der Waals surface area contributed by atoms with Crippen LogP contribution in [0.3, 0.4) is 0 Å². The molecule has 0 saturated carbocycles. The first-order chi connectivity index (χ1) is 16.3. The Hall–Kier alpha value is -2.68. The lowest BCUT2D eigenvalue weighted by Crippen LogP contribution is -2.36. The van der Waals surface area contributed by atoms with Crippen LogP contribution in [0.4, 0.5) is 4.39 Å². The first-order valence-electron chi connectivity index (χ1n) is 11.1. The zero-order chi connectivity index (χ0) is 23.9. The second kappa shape index (κ2) is 9.17. The second-order valence-corrected chi connectivity index (χ2v) is 9.98. The molecule has 1 saturated heterocycles. The number of nitrogens with one attached hydrogen (secondary N) is 1. The van der Waals surface area contributed by atoms with E-state index in [0.717, 1.165) is 24.1 Å². The van der Waals surface area contributed by atoms with Gasteiger partial charge in [-0.3, -0.25) is 9.13 Å². The highest BCUT2D eigenvalue weighted by Gasteiger charge is 2.30. The molecule has 178 valence electrons. The van der Waals surface area contributed by atoms with Gasteiger partial charge in [0, 0.05) is 48.1 Å². The van der Waals surface area contributed by atoms with Gasteiger partial charge < -0.3 is 9.72 Å². The Labute approximate surface area is 205 Å². The lowest BCUT2D eigenvalue weighted by Gasteiger charge is -2.34. The molecule has 4 aromatic rings. The van der Waals surface area contributed by atoms with E-state index in [1.807, 2.05) is 16.8 Å². The monoisotopic (exact) mass is 503 g/mol. The molecule has 0 spiro atoms. The molecule has 1 fully saturated rings. The van der Waals surface area contributed by atoms with Gasteiger partial charge in [0.2, 0.25) is 5.95 Å².